The Kier molecular flexibility index (Phi) is 9.63. The van der Waals surface area contributed by atoms with E-state index in [1.54, 1.807) is 11.9 Å². The molecular formula is C18H30ClN3O2. The molecule has 0 radical (unpaired) electrons. The molecule has 1 atom stereocenters. The largest absolute Gasteiger partial charge is 0.346 e. The lowest BCUT2D eigenvalue weighted by Gasteiger charge is -2.20. The molecule has 0 aliphatic carbocycles. The second kappa shape index (κ2) is 10.3. The Morgan fingerprint density at radius 1 is 1.12 bits per heavy atom. The normalized spacial score (nSPS) is 11.8. The van der Waals surface area contributed by atoms with Gasteiger partial charge in [-0.25, -0.2) is 0 Å². The van der Waals surface area contributed by atoms with Gasteiger partial charge in [0.1, 0.15) is 0 Å². The van der Waals surface area contributed by atoms with Crippen LogP contribution >= 0.6 is 12.4 Å². The van der Waals surface area contributed by atoms with Crippen molar-refractivity contribution in [3.63, 3.8) is 0 Å². The van der Waals surface area contributed by atoms with E-state index in [2.05, 4.69) is 31.3 Å². The van der Waals surface area contributed by atoms with Crippen molar-refractivity contribution in [3.8, 4) is 0 Å². The summed E-state index contributed by atoms with van der Waals surface area (Å²) in [6.45, 7) is 8.53. The molecule has 0 spiro atoms. The average molecular weight is 356 g/mol. The highest BCUT2D eigenvalue weighted by molar-refractivity contribution is 5.87. The molecule has 6 heteroatoms. The van der Waals surface area contributed by atoms with Crippen molar-refractivity contribution in [2.24, 2.45) is 11.7 Å². The van der Waals surface area contributed by atoms with Gasteiger partial charge in [-0.1, -0.05) is 52.0 Å². The summed E-state index contributed by atoms with van der Waals surface area (Å²) in [6, 6.07) is 7.65. The first kappa shape index (κ1) is 22.4. The second-order valence-electron chi connectivity index (χ2n) is 6.63. The summed E-state index contributed by atoms with van der Waals surface area (Å²) in [5, 5.41) is 2.60. The van der Waals surface area contributed by atoms with E-state index in [1.165, 1.54) is 5.56 Å². The van der Waals surface area contributed by atoms with Gasteiger partial charge in [-0.15, -0.1) is 12.4 Å². The fraction of sp³-hybridized carbons (Fsp3) is 0.556. The van der Waals surface area contributed by atoms with Crippen LogP contribution in [0.4, 0.5) is 0 Å². The molecule has 1 aromatic carbocycles. The molecule has 5 nitrogen and oxygen atoms in total. The van der Waals surface area contributed by atoms with Gasteiger partial charge in [-0.3, -0.25) is 9.59 Å². The lowest BCUT2D eigenvalue weighted by molar-refractivity contribution is -0.132. The van der Waals surface area contributed by atoms with Crippen LogP contribution in [0.5, 0.6) is 0 Å². The van der Waals surface area contributed by atoms with E-state index < -0.39 is 6.04 Å². The number of carbonyl (C=O) groups is 2. The van der Waals surface area contributed by atoms with Crippen molar-refractivity contribution in [1.82, 2.24) is 10.2 Å². The van der Waals surface area contributed by atoms with Gasteiger partial charge in [0.25, 0.3) is 0 Å². The molecule has 0 heterocycles. The Bertz CT molecular complexity index is 530. The fourth-order valence-corrected chi connectivity index (χ4v) is 2.09. The molecule has 0 fully saturated rings. The summed E-state index contributed by atoms with van der Waals surface area (Å²) in [5.41, 5.74) is 8.09. The third-order valence-corrected chi connectivity index (χ3v) is 3.93. The first-order chi connectivity index (χ1) is 10.7. The monoisotopic (exact) mass is 355 g/mol. The minimum Gasteiger partial charge on any atom is -0.346 e. The van der Waals surface area contributed by atoms with Crippen LogP contribution in [0.2, 0.25) is 0 Å². The molecule has 0 saturated heterocycles. The number of hydrogen-bond donors (Lipinski definition) is 2. The van der Waals surface area contributed by atoms with Crippen LogP contribution in [-0.2, 0) is 16.1 Å². The zero-order valence-electron chi connectivity index (χ0n) is 15.2. The van der Waals surface area contributed by atoms with Crippen LogP contribution in [0, 0.1) is 5.92 Å². The Morgan fingerprint density at radius 2 is 1.67 bits per heavy atom. The molecule has 1 aromatic rings. The molecule has 2 amide bonds. The minimum atomic E-state index is -0.586. The molecule has 0 unspecified atom stereocenters. The Labute approximate surface area is 151 Å². The van der Waals surface area contributed by atoms with E-state index in [1.807, 2.05) is 26.0 Å². The maximum absolute atomic E-state index is 12.1. The Morgan fingerprint density at radius 3 is 2.12 bits per heavy atom. The molecule has 0 saturated carbocycles. The van der Waals surface area contributed by atoms with Gasteiger partial charge in [0.15, 0.2) is 0 Å². The number of hydrogen-bond acceptors (Lipinski definition) is 3. The van der Waals surface area contributed by atoms with Gasteiger partial charge in [-0.05, 0) is 23.0 Å². The number of carbonyl (C=O) groups excluding carboxylic acids is 2. The quantitative estimate of drug-likeness (QED) is 0.787. The van der Waals surface area contributed by atoms with Crippen LogP contribution in [0.3, 0.4) is 0 Å². The van der Waals surface area contributed by atoms with Crippen molar-refractivity contribution < 1.29 is 9.59 Å². The second-order valence-corrected chi connectivity index (χ2v) is 6.63. The molecule has 1 rings (SSSR count). The van der Waals surface area contributed by atoms with Crippen molar-refractivity contribution in [2.75, 3.05) is 13.6 Å². The van der Waals surface area contributed by atoms with Crippen LogP contribution in [0.15, 0.2) is 24.3 Å². The third-order valence-electron chi connectivity index (χ3n) is 3.93. The molecule has 0 aliphatic rings. The lowest BCUT2D eigenvalue weighted by Crippen LogP contribution is -2.47. The summed E-state index contributed by atoms with van der Waals surface area (Å²) < 4.78 is 0. The maximum Gasteiger partial charge on any atom is 0.242 e. The minimum absolute atomic E-state index is 0. The Hall–Kier alpha value is -1.59. The molecule has 0 aliphatic heterocycles. The highest BCUT2D eigenvalue weighted by Gasteiger charge is 2.18. The average Bonchev–Trinajstić information content (AvgIpc) is 2.51. The van der Waals surface area contributed by atoms with E-state index in [0.29, 0.717) is 12.5 Å². The number of amides is 2. The van der Waals surface area contributed by atoms with Crippen molar-refractivity contribution >= 4 is 24.2 Å². The molecule has 136 valence electrons. The number of likely N-dealkylation sites (N-methyl/N-ethyl adjacent to an activating group) is 1. The number of nitrogens with one attached hydrogen (secondary N) is 1. The summed E-state index contributed by atoms with van der Waals surface area (Å²) in [6.07, 6.45) is 0. The number of rotatable bonds is 7. The zero-order valence-corrected chi connectivity index (χ0v) is 16.0. The highest BCUT2D eigenvalue weighted by Crippen LogP contribution is 2.15. The van der Waals surface area contributed by atoms with Gasteiger partial charge >= 0.3 is 0 Å². The fourth-order valence-electron chi connectivity index (χ4n) is 2.09. The van der Waals surface area contributed by atoms with Crippen LogP contribution < -0.4 is 11.1 Å². The van der Waals surface area contributed by atoms with Gasteiger partial charge in [0.05, 0.1) is 12.6 Å². The van der Waals surface area contributed by atoms with E-state index in [9.17, 15) is 9.59 Å². The zero-order chi connectivity index (χ0) is 17.6. The van der Waals surface area contributed by atoms with Crippen LogP contribution in [0.1, 0.15) is 44.7 Å². The van der Waals surface area contributed by atoms with E-state index in [4.69, 9.17) is 5.73 Å². The summed E-state index contributed by atoms with van der Waals surface area (Å²) in [7, 11) is 1.73. The van der Waals surface area contributed by atoms with Gasteiger partial charge in [0, 0.05) is 13.6 Å². The summed E-state index contributed by atoms with van der Waals surface area (Å²) in [4.78, 5) is 25.5. The van der Waals surface area contributed by atoms with Crippen molar-refractivity contribution in [3.05, 3.63) is 35.4 Å². The summed E-state index contributed by atoms with van der Waals surface area (Å²) >= 11 is 0. The lowest BCUT2D eigenvalue weighted by atomic mass is 10.0. The van der Waals surface area contributed by atoms with Crippen LogP contribution in [-0.4, -0.2) is 36.3 Å². The standard InChI is InChI=1S/C18H29N3O2.ClH/c1-12(2)15-8-6-14(7-9-15)11-21(5)16(22)10-20-18(23)17(19)13(3)4;/h6-9,12-13,17H,10-11,19H2,1-5H3,(H,20,23);1H/t17-;/m0./s1. The van der Waals surface area contributed by atoms with Gasteiger partial charge in [0.2, 0.25) is 11.8 Å². The molecular weight excluding hydrogens is 326 g/mol. The van der Waals surface area contributed by atoms with Gasteiger partial charge in [-0.2, -0.15) is 0 Å². The summed E-state index contributed by atoms with van der Waals surface area (Å²) in [5.74, 6) is 0.108. The number of nitrogens with zero attached hydrogens (tertiary/aromatic N) is 1. The number of halogens is 1. The molecule has 24 heavy (non-hydrogen) atoms. The predicted octanol–water partition coefficient (Wildman–Crippen LogP) is 2.29. The predicted molar refractivity (Wildman–Crippen MR) is 100 cm³/mol. The molecule has 3 N–H and O–H groups in total. The topological polar surface area (TPSA) is 75.4 Å². The number of benzene rings is 1. The third kappa shape index (κ3) is 6.89. The number of nitrogens with two attached hydrogens (primary N) is 1. The smallest absolute Gasteiger partial charge is 0.242 e. The first-order valence-electron chi connectivity index (χ1n) is 8.08. The van der Waals surface area contributed by atoms with E-state index in [0.717, 1.165) is 5.56 Å². The van der Waals surface area contributed by atoms with Crippen molar-refractivity contribution in [1.29, 1.82) is 0 Å². The van der Waals surface area contributed by atoms with E-state index in [-0.39, 0.29) is 36.7 Å². The van der Waals surface area contributed by atoms with Crippen LogP contribution in [0.25, 0.3) is 0 Å². The van der Waals surface area contributed by atoms with Gasteiger partial charge < -0.3 is 16.0 Å². The maximum atomic E-state index is 12.1. The molecule has 0 bridgehead atoms. The van der Waals surface area contributed by atoms with Crippen molar-refractivity contribution in [2.45, 2.75) is 46.2 Å². The Balaban J connectivity index is 0.00000529. The molecule has 0 aromatic heterocycles. The highest BCUT2D eigenvalue weighted by atomic mass is 35.5. The first-order valence-corrected chi connectivity index (χ1v) is 8.08. The van der Waals surface area contributed by atoms with E-state index >= 15 is 0 Å². The SMILES string of the molecule is CC(C)c1ccc(CN(C)C(=O)CNC(=O)[C@@H](N)C(C)C)cc1.Cl.